The van der Waals surface area contributed by atoms with Crippen molar-refractivity contribution < 1.29 is 13.6 Å². The average molecular weight is 292 g/mol. The Balaban J connectivity index is 1.86. The molecule has 0 atom stereocenters. The number of fused-ring (bicyclic) bond motifs is 1. The predicted molar refractivity (Wildman–Crippen MR) is 72.9 cm³/mol. The van der Waals surface area contributed by atoms with E-state index < -0.39 is 17.5 Å². The molecule has 3 rings (SSSR count). The van der Waals surface area contributed by atoms with Gasteiger partial charge in [0, 0.05) is 38.1 Å². The molecule has 0 fully saturated rings. The number of carbonyl (C=O) groups excluding carboxylic acids is 1. The minimum Gasteiger partial charge on any atom is -0.383 e. The van der Waals surface area contributed by atoms with E-state index >= 15 is 0 Å². The molecule has 0 unspecified atom stereocenters. The van der Waals surface area contributed by atoms with Gasteiger partial charge in [0.05, 0.1) is 6.54 Å². The lowest BCUT2D eigenvalue weighted by molar-refractivity contribution is 0.0706. The van der Waals surface area contributed by atoms with E-state index in [1.165, 1.54) is 11.9 Å². The molecule has 5 nitrogen and oxygen atoms in total. The van der Waals surface area contributed by atoms with Crippen LogP contribution in [0.15, 0.2) is 24.5 Å². The molecule has 0 aliphatic carbocycles. The van der Waals surface area contributed by atoms with Gasteiger partial charge in [0.2, 0.25) is 0 Å². The van der Waals surface area contributed by atoms with Gasteiger partial charge in [-0.15, -0.1) is 0 Å². The fraction of sp³-hybridized carbons (Fsp3) is 0.286. The molecule has 2 heterocycles. The number of hydrogen-bond donors (Lipinski definition) is 1. The quantitative estimate of drug-likeness (QED) is 0.919. The second-order valence-corrected chi connectivity index (χ2v) is 4.83. The first kappa shape index (κ1) is 13.5. The zero-order chi connectivity index (χ0) is 15.0. The number of amides is 1. The van der Waals surface area contributed by atoms with Crippen molar-refractivity contribution in [2.45, 2.75) is 13.1 Å². The van der Waals surface area contributed by atoms with Crippen LogP contribution in [-0.2, 0) is 13.1 Å². The standard InChI is InChI=1S/C14H14F2N4O/c1-17-13-10(15)6-9(7-11(13)16)14(21)20-5-4-19-3-2-18-12(19)8-20/h2-3,6-7,17H,4-5,8H2,1H3. The number of benzene rings is 1. The Kier molecular flexibility index (Phi) is 3.32. The minimum atomic E-state index is -0.778. The molecule has 1 aromatic carbocycles. The molecule has 21 heavy (non-hydrogen) atoms. The number of imidazole rings is 1. The van der Waals surface area contributed by atoms with Gasteiger partial charge in [-0.25, -0.2) is 13.8 Å². The first-order chi connectivity index (χ1) is 10.1. The van der Waals surface area contributed by atoms with Crippen LogP contribution < -0.4 is 5.32 Å². The lowest BCUT2D eigenvalue weighted by Gasteiger charge is -2.27. The van der Waals surface area contributed by atoms with Gasteiger partial charge < -0.3 is 14.8 Å². The summed E-state index contributed by atoms with van der Waals surface area (Å²) in [6.45, 7) is 1.45. The number of aromatic nitrogens is 2. The van der Waals surface area contributed by atoms with Crippen LogP contribution >= 0.6 is 0 Å². The Labute approximate surface area is 120 Å². The van der Waals surface area contributed by atoms with E-state index in [0.29, 0.717) is 19.6 Å². The van der Waals surface area contributed by atoms with Gasteiger partial charge in [-0.2, -0.15) is 0 Å². The molecule has 2 aromatic rings. The largest absolute Gasteiger partial charge is 0.383 e. The Morgan fingerprint density at radius 2 is 2.00 bits per heavy atom. The van der Waals surface area contributed by atoms with E-state index in [1.807, 2.05) is 10.8 Å². The number of hydrogen-bond acceptors (Lipinski definition) is 3. The van der Waals surface area contributed by atoms with Crippen molar-refractivity contribution >= 4 is 11.6 Å². The summed E-state index contributed by atoms with van der Waals surface area (Å²) < 4.78 is 29.4. The third-order valence-corrected chi connectivity index (χ3v) is 3.57. The van der Waals surface area contributed by atoms with E-state index in [2.05, 4.69) is 10.3 Å². The van der Waals surface area contributed by atoms with Crippen LogP contribution in [0.25, 0.3) is 0 Å². The zero-order valence-corrected chi connectivity index (χ0v) is 11.4. The van der Waals surface area contributed by atoms with Crippen molar-refractivity contribution in [3.05, 3.63) is 47.5 Å². The second-order valence-electron chi connectivity index (χ2n) is 4.83. The van der Waals surface area contributed by atoms with Gasteiger partial charge in [0.15, 0.2) is 0 Å². The average Bonchev–Trinajstić information content (AvgIpc) is 2.93. The van der Waals surface area contributed by atoms with Gasteiger partial charge in [-0.3, -0.25) is 4.79 Å². The first-order valence-electron chi connectivity index (χ1n) is 6.56. The molecule has 0 saturated heterocycles. The maximum atomic E-state index is 13.7. The predicted octanol–water partition coefficient (Wildman–Crippen LogP) is 1.86. The van der Waals surface area contributed by atoms with E-state index in [4.69, 9.17) is 0 Å². The summed E-state index contributed by atoms with van der Waals surface area (Å²) >= 11 is 0. The van der Waals surface area contributed by atoms with Gasteiger partial charge >= 0.3 is 0 Å². The van der Waals surface area contributed by atoms with E-state index in [9.17, 15) is 13.6 Å². The highest BCUT2D eigenvalue weighted by molar-refractivity contribution is 5.94. The highest BCUT2D eigenvalue weighted by atomic mass is 19.1. The molecular formula is C14H14F2N4O. The van der Waals surface area contributed by atoms with Crippen molar-refractivity contribution in [3.63, 3.8) is 0 Å². The molecule has 1 N–H and O–H groups in total. The Hall–Kier alpha value is -2.44. The molecule has 1 amide bonds. The number of rotatable bonds is 2. The molecule has 0 radical (unpaired) electrons. The van der Waals surface area contributed by atoms with Gasteiger partial charge in [0.1, 0.15) is 23.1 Å². The summed E-state index contributed by atoms with van der Waals surface area (Å²) in [6, 6.07) is 2.11. The van der Waals surface area contributed by atoms with Crippen molar-refractivity contribution in [2.75, 3.05) is 18.9 Å². The number of anilines is 1. The van der Waals surface area contributed by atoms with Crippen LogP contribution in [0, 0.1) is 11.6 Å². The lowest BCUT2D eigenvalue weighted by Crippen LogP contribution is -2.38. The van der Waals surface area contributed by atoms with Crippen LogP contribution in [0.1, 0.15) is 16.2 Å². The number of nitrogens with zero attached hydrogens (tertiary/aromatic N) is 3. The fourth-order valence-electron chi connectivity index (χ4n) is 2.46. The monoisotopic (exact) mass is 292 g/mol. The first-order valence-corrected chi connectivity index (χ1v) is 6.56. The third-order valence-electron chi connectivity index (χ3n) is 3.57. The Morgan fingerprint density at radius 3 is 2.67 bits per heavy atom. The summed E-state index contributed by atoms with van der Waals surface area (Å²) in [5, 5.41) is 2.43. The molecule has 1 aromatic heterocycles. The summed E-state index contributed by atoms with van der Waals surface area (Å²) in [4.78, 5) is 18.1. The van der Waals surface area contributed by atoms with E-state index in [-0.39, 0.29) is 11.3 Å². The SMILES string of the molecule is CNc1c(F)cc(C(=O)N2CCn3ccnc3C2)cc1F. The van der Waals surface area contributed by atoms with Crippen LogP contribution in [0.3, 0.4) is 0 Å². The highest BCUT2D eigenvalue weighted by Gasteiger charge is 2.24. The fourth-order valence-corrected chi connectivity index (χ4v) is 2.46. The smallest absolute Gasteiger partial charge is 0.254 e. The van der Waals surface area contributed by atoms with Crippen molar-refractivity contribution in [3.8, 4) is 0 Å². The maximum absolute atomic E-state index is 13.7. The van der Waals surface area contributed by atoms with Crippen LogP contribution in [0.5, 0.6) is 0 Å². The summed E-state index contributed by atoms with van der Waals surface area (Å²) in [5.74, 6) is -1.19. The number of carbonyl (C=O) groups is 1. The van der Waals surface area contributed by atoms with Crippen molar-refractivity contribution in [2.24, 2.45) is 0 Å². The molecule has 1 aliphatic rings. The number of halogens is 2. The molecule has 110 valence electrons. The van der Waals surface area contributed by atoms with Gasteiger partial charge in [0.25, 0.3) is 5.91 Å². The molecule has 7 heteroatoms. The Morgan fingerprint density at radius 1 is 1.29 bits per heavy atom. The lowest BCUT2D eigenvalue weighted by atomic mass is 10.1. The minimum absolute atomic E-state index is 0.00371. The van der Waals surface area contributed by atoms with E-state index in [1.54, 1.807) is 6.20 Å². The Bertz CT molecular complexity index is 675. The molecule has 0 spiro atoms. The highest BCUT2D eigenvalue weighted by Crippen LogP contribution is 2.22. The summed E-state index contributed by atoms with van der Waals surface area (Å²) in [5.41, 5.74) is -0.232. The summed E-state index contributed by atoms with van der Waals surface area (Å²) in [7, 11) is 1.42. The number of nitrogens with one attached hydrogen (secondary N) is 1. The van der Waals surface area contributed by atoms with E-state index in [0.717, 1.165) is 18.0 Å². The van der Waals surface area contributed by atoms with Crippen LogP contribution in [0.4, 0.5) is 14.5 Å². The van der Waals surface area contributed by atoms with Gasteiger partial charge in [-0.1, -0.05) is 0 Å². The molecule has 0 bridgehead atoms. The topological polar surface area (TPSA) is 50.2 Å². The normalized spacial score (nSPS) is 14.0. The molecular weight excluding hydrogens is 278 g/mol. The van der Waals surface area contributed by atoms with Crippen LogP contribution in [0.2, 0.25) is 0 Å². The van der Waals surface area contributed by atoms with Crippen molar-refractivity contribution in [1.82, 2.24) is 14.5 Å². The maximum Gasteiger partial charge on any atom is 0.254 e. The summed E-state index contributed by atoms with van der Waals surface area (Å²) in [6.07, 6.45) is 3.52. The molecule has 1 aliphatic heterocycles. The second kappa shape index (κ2) is 5.16. The van der Waals surface area contributed by atoms with Crippen LogP contribution in [-0.4, -0.2) is 34.0 Å². The molecule has 0 saturated carbocycles. The third kappa shape index (κ3) is 2.35. The van der Waals surface area contributed by atoms with Crippen molar-refractivity contribution in [1.29, 1.82) is 0 Å². The zero-order valence-electron chi connectivity index (χ0n) is 11.4. The van der Waals surface area contributed by atoms with Gasteiger partial charge in [-0.05, 0) is 12.1 Å².